The normalized spacial score (nSPS) is 21.4. The van der Waals surface area contributed by atoms with Crippen LogP contribution in [0, 0.1) is 5.92 Å². The van der Waals surface area contributed by atoms with Crippen molar-refractivity contribution in [3.63, 3.8) is 0 Å². The Kier molecular flexibility index (Phi) is 3.01. The van der Waals surface area contributed by atoms with Crippen LogP contribution in [0.5, 0.6) is 0 Å². The fourth-order valence-corrected chi connectivity index (χ4v) is 4.81. The molecule has 3 N–H and O–H groups in total. The van der Waals surface area contributed by atoms with Gasteiger partial charge in [-0.2, -0.15) is 4.31 Å². The summed E-state index contributed by atoms with van der Waals surface area (Å²) in [5, 5.41) is 10.9. The topological polar surface area (TPSA) is 101 Å². The summed E-state index contributed by atoms with van der Waals surface area (Å²) in [5.41, 5.74) is 5.74. The quantitative estimate of drug-likeness (QED) is 0.830. The van der Waals surface area contributed by atoms with Gasteiger partial charge in [0.15, 0.2) is 15.8 Å². The summed E-state index contributed by atoms with van der Waals surface area (Å²) in [4.78, 5) is 4.62. The number of aliphatic hydroxyl groups is 1. The Bertz CT molecular complexity index is 705. The Hall–Kier alpha value is -1.16. The second kappa shape index (κ2) is 4.44. The van der Waals surface area contributed by atoms with E-state index in [4.69, 9.17) is 10.8 Å². The van der Waals surface area contributed by atoms with Crippen LogP contribution in [0.1, 0.15) is 6.42 Å². The van der Waals surface area contributed by atoms with Crippen molar-refractivity contribution >= 4 is 32.1 Å². The van der Waals surface area contributed by atoms with Crippen molar-refractivity contribution in [2.75, 3.05) is 25.4 Å². The smallest absolute Gasteiger partial charge is 0.262 e. The van der Waals surface area contributed by atoms with Crippen molar-refractivity contribution < 1.29 is 13.5 Å². The van der Waals surface area contributed by atoms with E-state index in [2.05, 4.69) is 4.98 Å². The van der Waals surface area contributed by atoms with Crippen LogP contribution in [0.3, 0.4) is 0 Å². The summed E-state index contributed by atoms with van der Waals surface area (Å²) in [6, 6.07) is 0. The summed E-state index contributed by atoms with van der Waals surface area (Å²) in [6.45, 7) is 0.738. The van der Waals surface area contributed by atoms with E-state index in [-0.39, 0.29) is 23.4 Å². The Morgan fingerprint density at radius 2 is 2.37 bits per heavy atom. The van der Waals surface area contributed by atoms with Gasteiger partial charge in [-0.05, 0) is 12.3 Å². The summed E-state index contributed by atoms with van der Waals surface area (Å²) in [5.74, 6) is 0.0289. The molecule has 0 amide bonds. The second-order valence-corrected chi connectivity index (χ2v) is 7.28. The van der Waals surface area contributed by atoms with E-state index >= 15 is 0 Å². The second-order valence-electron chi connectivity index (χ2n) is 4.56. The van der Waals surface area contributed by atoms with E-state index < -0.39 is 10.0 Å². The van der Waals surface area contributed by atoms with Crippen LogP contribution in [-0.4, -0.2) is 46.9 Å². The van der Waals surface area contributed by atoms with Gasteiger partial charge in [0.25, 0.3) is 10.0 Å². The molecule has 1 fully saturated rings. The number of imidazole rings is 1. The van der Waals surface area contributed by atoms with Crippen LogP contribution < -0.4 is 5.73 Å². The van der Waals surface area contributed by atoms with Crippen LogP contribution in [0.2, 0.25) is 0 Å². The maximum Gasteiger partial charge on any atom is 0.262 e. The van der Waals surface area contributed by atoms with Gasteiger partial charge < -0.3 is 10.8 Å². The predicted octanol–water partition coefficient (Wildman–Crippen LogP) is -0.0191. The summed E-state index contributed by atoms with van der Waals surface area (Å²) < 4.78 is 28.1. The zero-order valence-corrected chi connectivity index (χ0v) is 11.7. The van der Waals surface area contributed by atoms with Crippen LogP contribution in [0.4, 0.5) is 5.82 Å². The maximum absolute atomic E-state index is 12.6. The van der Waals surface area contributed by atoms with Gasteiger partial charge in [0.2, 0.25) is 0 Å². The Labute approximate surface area is 114 Å². The fraction of sp³-hybridized carbons (Fsp3) is 0.500. The average molecular weight is 302 g/mol. The maximum atomic E-state index is 12.6. The minimum Gasteiger partial charge on any atom is -0.396 e. The van der Waals surface area contributed by atoms with Crippen molar-refractivity contribution in [2.24, 2.45) is 5.92 Å². The molecule has 7 nitrogen and oxygen atoms in total. The van der Waals surface area contributed by atoms with Crippen molar-refractivity contribution in [2.45, 2.75) is 11.4 Å². The highest BCUT2D eigenvalue weighted by Crippen LogP contribution is 2.29. The molecule has 1 saturated heterocycles. The molecule has 2 aromatic heterocycles. The number of nitrogens with two attached hydrogens (primary N) is 1. The van der Waals surface area contributed by atoms with Gasteiger partial charge in [0, 0.05) is 31.3 Å². The first kappa shape index (κ1) is 12.9. The third-order valence-electron chi connectivity index (χ3n) is 3.33. The van der Waals surface area contributed by atoms with E-state index in [0.717, 1.165) is 0 Å². The average Bonchev–Trinajstić information content (AvgIpc) is 3.01. The van der Waals surface area contributed by atoms with Gasteiger partial charge >= 0.3 is 0 Å². The highest BCUT2D eigenvalue weighted by atomic mass is 32.2. The van der Waals surface area contributed by atoms with Crippen molar-refractivity contribution in [3.05, 3.63) is 11.6 Å². The van der Waals surface area contributed by atoms with Crippen molar-refractivity contribution in [1.82, 2.24) is 13.7 Å². The third-order valence-corrected chi connectivity index (χ3v) is 6.00. The first-order chi connectivity index (χ1) is 9.04. The molecular formula is C10H14N4O3S2. The van der Waals surface area contributed by atoms with E-state index in [1.807, 2.05) is 0 Å². The molecule has 0 bridgehead atoms. The van der Waals surface area contributed by atoms with E-state index in [1.165, 1.54) is 20.0 Å². The van der Waals surface area contributed by atoms with Gasteiger partial charge in [-0.15, -0.1) is 11.3 Å². The number of sulfonamides is 1. The lowest BCUT2D eigenvalue weighted by Crippen LogP contribution is -2.30. The zero-order chi connectivity index (χ0) is 13.6. The molecule has 1 unspecified atom stereocenters. The standard InChI is InChI=1S/C10H14N4O3S2/c11-8-9(14-3-4-18-10(14)12-8)19(16,17)13-2-1-7(5-13)6-15/h3-4,7,15H,1-2,5-6,11H2. The number of fused-ring (bicyclic) bond motifs is 1. The molecule has 1 aliphatic rings. The molecule has 3 heterocycles. The number of aliphatic hydroxyl groups excluding tert-OH is 1. The Morgan fingerprint density at radius 3 is 3.05 bits per heavy atom. The molecular weight excluding hydrogens is 288 g/mol. The molecule has 3 rings (SSSR count). The van der Waals surface area contributed by atoms with E-state index in [0.29, 0.717) is 24.5 Å². The number of thiazole rings is 1. The summed E-state index contributed by atoms with van der Waals surface area (Å²) in [6.07, 6.45) is 2.32. The van der Waals surface area contributed by atoms with Crippen LogP contribution in [-0.2, 0) is 10.0 Å². The van der Waals surface area contributed by atoms with Crippen LogP contribution >= 0.6 is 11.3 Å². The summed E-state index contributed by atoms with van der Waals surface area (Å²) in [7, 11) is -3.66. The molecule has 0 radical (unpaired) electrons. The molecule has 19 heavy (non-hydrogen) atoms. The van der Waals surface area contributed by atoms with Gasteiger partial charge in [0.1, 0.15) is 0 Å². The van der Waals surface area contributed by atoms with Gasteiger partial charge in [-0.25, -0.2) is 13.4 Å². The molecule has 0 aromatic carbocycles. The molecule has 2 aromatic rings. The highest BCUT2D eigenvalue weighted by molar-refractivity contribution is 7.89. The van der Waals surface area contributed by atoms with E-state index in [9.17, 15) is 8.42 Å². The molecule has 1 atom stereocenters. The monoisotopic (exact) mass is 302 g/mol. The lowest BCUT2D eigenvalue weighted by molar-refractivity contribution is 0.233. The number of aromatic nitrogens is 2. The van der Waals surface area contributed by atoms with Crippen molar-refractivity contribution in [3.8, 4) is 0 Å². The fourth-order valence-electron chi connectivity index (χ4n) is 2.32. The molecule has 0 spiro atoms. The molecule has 104 valence electrons. The lowest BCUT2D eigenvalue weighted by atomic mass is 10.1. The van der Waals surface area contributed by atoms with E-state index in [1.54, 1.807) is 11.6 Å². The number of hydrogen-bond donors (Lipinski definition) is 2. The van der Waals surface area contributed by atoms with Gasteiger partial charge in [0.05, 0.1) is 0 Å². The molecule has 0 saturated carbocycles. The first-order valence-electron chi connectivity index (χ1n) is 5.86. The number of rotatable bonds is 3. The minimum atomic E-state index is -3.66. The SMILES string of the molecule is Nc1nc2sccn2c1S(=O)(=O)N1CCC(CO)C1. The largest absolute Gasteiger partial charge is 0.396 e. The highest BCUT2D eigenvalue weighted by Gasteiger charge is 2.36. The molecule has 1 aliphatic heterocycles. The number of hydrogen-bond acceptors (Lipinski definition) is 6. The first-order valence-corrected chi connectivity index (χ1v) is 8.18. The summed E-state index contributed by atoms with van der Waals surface area (Å²) >= 11 is 1.33. The zero-order valence-electron chi connectivity index (χ0n) is 10.1. The number of nitrogen functional groups attached to an aromatic ring is 1. The Balaban J connectivity index is 2.05. The number of nitrogens with zero attached hydrogens (tertiary/aromatic N) is 3. The van der Waals surface area contributed by atoms with Gasteiger partial charge in [-0.1, -0.05) is 0 Å². The van der Waals surface area contributed by atoms with Gasteiger partial charge in [-0.3, -0.25) is 4.40 Å². The molecule has 0 aliphatic carbocycles. The van der Waals surface area contributed by atoms with Crippen LogP contribution in [0.15, 0.2) is 16.6 Å². The molecule has 9 heteroatoms. The predicted molar refractivity (Wildman–Crippen MR) is 71.4 cm³/mol. The number of anilines is 1. The Morgan fingerprint density at radius 1 is 1.58 bits per heavy atom. The lowest BCUT2D eigenvalue weighted by Gasteiger charge is -2.15. The van der Waals surface area contributed by atoms with Crippen molar-refractivity contribution in [1.29, 1.82) is 0 Å². The minimum absolute atomic E-state index is 0.00175. The third kappa shape index (κ3) is 1.93. The van der Waals surface area contributed by atoms with Crippen LogP contribution in [0.25, 0.3) is 4.96 Å².